The number of carbonyl (C=O) groups excluding carboxylic acids is 1. The fraction of sp³-hybridized carbons (Fsp3) is 0.111. The van der Waals surface area contributed by atoms with Crippen molar-refractivity contribution >= 4 is 69.2 Å². The second kappa shape index (κ2) is 8.62. The molecule has 0 saturated carbocycles. The van der Waals surface area contributed by atoms with Crippen LogP contribution in [0.25, 0.3) is 11.0 Å². The summed E-state index contributed by atoms with van der Waals surface area (Å²) < 4.78 is 7.52. The Hall–Kier alpha value is -2.26. The van der Waals surface area contributed by atoms with Crippen molar-refractivity contribution in [2.24, 2.45) is 0 Å². The van der Waals surface area contributed by atoms with Crippen molar-refractivity contribution in [3.8, 4) is 0 Å². The molecule has 0 radical (unpaired) electrons. The molecule has 2 heterocycles. The third-order valence-electron chi connectivity index (χ3n) is 3.88. The van der Waals surface area contributed by atoms with E-state index in [1.807, 2.05) is 28.8 Å². The van der Waals surface area contributed by atoms with Crippen LogP contribution in [0.3, 0.4) is 0 Å². The van der Waals surface area contributed by atoms with Crippen LogP contribution in [0, 0.1) is 0 Å². The first-order valence-corrected chi connectivity index (χ1v) is 10.4. The molecule has 4 aromatic rings. The van der Waals surface area contributed by atoms with Gasteiger partial charge in [0.25, 0.3) is 5.22 Å². The van der Waals surface area contributed by atoms with E-state index in [9.17, 15) is 4.79 Å². The fourth-order valence-corrected chi connectivity index (χ4v) is 4.10. The van der Waals surface area contributed by atoms with Gasteiger partial charge < -0.3 is 14.3 Å². The van der Waals surface area contributed by atoms with Crippen LogP contribution < -0.4 is 5.32 Å². The normalized spacial score (nSPS) is 11.1. The van der Waals surface area contributed by atoms with Gasteiger partial charge in [0.05, 0.1) is 38.8 Å². The molecule has 0 atom stereocenters. The van der Waals surface area contributed by atoms with Crippen molar-refractivity contribution in [2.75, 3.05) is 11.1 Å². The molecule has 4 rings (SSSR count). The summed E-state index contributed by atoms with van der Waals surface area (Å²) in [6, 6.07) is 10.8. The van der Waals surface area contributed by atoms with E-state index in [2.05, 4.69) is 20.5 Å². The topological polar surface area (TPSA) is 85.8 Å². The molecule has 7 nitrogen and oxygen atoms in total. The van der Waals surface area contributed by atoms with Gasteiger partial charge in [-0.1, -0.05) is 58.7 Å². The van der Waals surface area contributed by atoms with Gasteiger partial charge in [-0.3, -0.25) is 4.79 Å². The number of aromatic nitrogens is 4. The largest absolute Gasteiger partial charge is 0.414 e. The standard InChI is InChI=1S/C18H12Cl3N5O2S/c19-10-5-11(20)17(12(21)6-10)23-15(27)8-29-18-25-24-16(28-18)7-26-9-22-13-3-1-2-4-14(13)26/h1-6,9H,7-8H2,(H,23,27). The summed E-state index contributed by atoms with van der Waals surface area (Å²) in [6.07, 6.45) is 1.72. The number of amides is 1. The zero-order chi connectivity index (χ0) is 20.4. The molecule has 0 aliphatic carbocycles. The summed E-state index contributed by atoms with van der Waals surface area (Å²) in [5, 5.41) is 11.8. The number of hydrogen-bond acceptors (Lipinski definition) is 6. The Morgan fingerprint density at radius 1 is 1.14 bits per heavy atom. The number of benzene rings is 2. The Morgan fingerprint density at radius 2 is 1.90 bits per heavy atom. The first-order valence-electron chi connectivity index (χ1n) is 8.29. The molecule has 0 bridgehead atoms. The number of fused-ring (bicyclic) bond motifs is 1. The number of para-hydroxylation sites is 2. The Bertz CT molecular complexity index is 1170. The van der Waals surface area contributed by atoms with Crippen molar-refractivity contribution in [3.63, 3.8) is 0 Å². The molecule has 0 aliphatic heterocycles. The Labute approximate surface area is 184 Å². The summed E-state index contributed by atoms with van der Waals surface area (Å²) in [5.74, 6) is 0.145. The first kappa shape index (κ1) is 20.0. The number of halogens is 3. The van der Waals surface area contributed by atoms with Crippen molar-refractivity contribution < 1.29 is 9.21 Å². The third kappa shape index (κ3) is 4.67. The second-order valence-corrected chi connectivity index (χ2v) is 8.08. The molecule has 29 heavy (non-hydrogen) atoms. The van der Waals surface area contributed by atoms with Crippen molar-refractivity contribution in [3.05, 3.63) is 63.7 Å². The van der Waals surface area contributed by atoms with E-state index < -0.39 is 0 Å². The lowest BCUT2D eigenvalue weighted by Gasteiger charge is -2.09. The van der Waals surface area contributed by atoms with E-state index >= 15 is 0 Å². The van der Waals surface area contributed by atoms with Crippen LogP contribution >= 0.6 is 46.6 Å². The molecule has 0 fully saturated rings. The van der Waals surface area contributed by atoms with Gasteiger partial charge in [0.2, 0.25) is 11.8 Å². The average molecular weight is 469 g/mol. The lowest BCUT2D eigenvalue weighted by Crippen LogP contribution is -2.14. The Morgan fingerprint density at radius 3 is 2.69 bits per heavy atom. The number of thioether (sulfide) groups is 1. The van der Waals surface area contributed by atoms with Crippen LogP contribution in [-0.4, -0.2) is 31.4 Å². The maximum Gasteiger partial charge on any atom is 0.277 e. The predicted octanol–water partition coefficient (Wildman–Crippen LogP) is 5.16. The van der Waals surface area contributed by atoms with Crippen molar-refractivity contribution in [1.82, 2.24) is 19.7 Å². The molecule has 0 saturated heterocycles. The number of imidazole rings is 1. The molecular formula is C18H12Cl3N5O2S. The summed E-state index contributed by atoms with van der Waals surface area (Å²) >= 11 is 19.1. The van der Waals surface area contributed by atoms with E-state index in [1.165, 1.54) is 12.1 Å². The maximum atomic E-state index is 12.2. The highest BCUT2D eigenvalue weighted by molar-refractivity contribution is 7.99. The van der Waals surface area contributed by atoms with Crippen LogP contribution in [0.2, 0.25) is 15.1 Å². The number of nitrogens with zero attached hydrogens (tertiary/aromatic N) is 4. The molecule has 1 N–H and O–H groups in total. The quantitative estimate of drug-likeness (QED) is 0.393. The predicted molar refractivity (Wildman–Crippen MR) is 114 cm³/mol. The lowest BCUT2D eigenvalue weighted by molar-refractivity contribution is -0.113. The van der Waals surface area contributed by atoms with Gasteiger partial charge in [-0.05, 0) is 24.3 Å². The molecule has 2 aromatic carbocycles. The van der Waals surface area contributed by atoms with Crippen molar-refractivity contribution in [1.29, 1.82) is 0 Å². The highest BCUT2D eigenvalue weighted by Crippen LogP contribution is 2.33. The number of carbonyl (C=O) groups is 1. The van der Waals surface area contributed by atoms with Gasteiger partial charge in [0, 0.05) is 5.02 Å². The molecule has 0 spiro atoms. The van der Waals surface area contributed by atoms with Crippen LogP contribution in [0.5, 0.6) is 0 Å². The molecule has 0 unspecified atom stereocenters. The number of hydrogen-bond donors (Lipinski definition) is 1. The minimum Gasteiger partial charge on any atom is -0.414 e. The smallest absolute Gasteiger partial charge is 0.277 e. The molecule has 0 aliphatic rings. The van der Waals surface area contributed by atoms with Crippen LogP contribution in [-0.2, 0) is 11.3 Å². The van der Waals surface area contributed by atoms with Crippen LogP contribution in [0.1, 0.15) is 5.89 Å². The zero-order valence-corrected chi connectivity index (χ0v) is 17.7. The summed E-state index contributed by atoms with van der Waals surface area (Å²) in [5.41, 5.74) is 2.16. The zero-order valence-electron chi connectivity index (χ0n) is 14.6. The fourth-order valence-electron chi connectivity index (χ4n) is 2.61. The summed E-state index contributed by atoms with van der Waals surface area (Å²) in [7, 11) is 0. The highest BCUT2D eigenvalue weighted by atomic mass is 35.5. The molecular weight excluding hydrogens is 457 g/mol. The van der Waals surface area contributed by atoms with Gasteiger partial charge in [-0.15, -0.1) is 10.2 Å². The molecule has 2 aromatic heterocycles. The molecule has 1 amide bonds. The van der Waals surface area contributed by atoms with Gasteiger partial charge in [0.1, 0.15) is 6.54 Å². The number of nitrogens with one attached hydrogen (secondary N) is 1. The van der Waals surface area contributed by atoms with Crippen molar-refractivity contribution in [2.45, 2.75) is 11.8 Å². The van der Waals surface area contributed by atoms with Crippen LogP contribution in [0.4, 0.5) is 5.69 Å². The second-order valence-electron chi connectivity index (χ2n) is 5.90. The average Bonchev–Trinajstić information content (AvgIpc) is 3.31. The van der Waals surface area contributed by atoms with E-state index in [0.717, 1.165) is 22.8 Å². The SMILES string of the molecule is O=C(CSc1nnc(Cn2cnc3ccccc32)o1)Nc1c(Cl)cc(Cl)cc1Cl. The van der Waals surface area contributed by atoms with E-state index in [1.54, 1.807) is 6.33 Å². The van der Waals surface area contributed by atoms with Gasteiger partial charge in [0.15, 0.2) is 0 Å². The third-order valence-corrected chi connectivity index (χ3v) is 5.51. The van der Waals surface area contributed by atoms with Gasteiger partial charge in [-0.2, -0.15) is 0 Å². The number of rotatable bonds is 6. The lowest BCUT2D eigenvalue weighted by atomic mass is 10.3. The van der Waals surface area contributed by atoms with Gasteiger partial charge >= 0.3 is 0 Å². The minimum atomic E-state index is -0.318. The highest BCUT2D eigenvalue weighted by Gasteiger charge is 2.14. The molecule has 148 valence electrons. The molecule has 11 heteroatoms. The number of anilines is 1. The Kier molecular flexibility index (Phi) is 5.96. The van der Waals surface area contributed by atoms with E-state index in [0.29, 0.717) is 23.1 Å². The van der Waals surface area contributed by atoms with Gasteiger partial charge in [-0.25, -0.2) is 4.98 Å². The van der Waals surface area contributed by atoms with Crippen LogP contribution in [0.15, 0.2) is 52.4 Å². The Balaban J connectivity index is 1.36. The minimum absolute atomic E-state index is 0.0466. The van der Waals surface area contributed by atoms with E-state index in [4.69, 9.17) is 39.2 Å². The monoisotopic (exact) mass is 467 g/mol. The summed E-state index contributed by atoms with van der Waals surface area (Å²) in [4.78, 5) is 16.5. The maximum absolute atomic E-state index is 12.2. The van der Waals surface area contributed by atoms with E-state index in [-0.39, 0.29) is 26.9 Å². The summed E-state index contributed by atoms with van der Waals surface area (Å²) in [6.45, 7) is 0.385. The first-order chi connectivity index (χ1) is 14.0.